The summed E-state index contributed by atoms with van der Waals surface area (Å²) in [6, 6.07) is 0. The van der Waals surface area contributed by atoms with Gasteiger partial charge in [0.15, 0.2) is 0 Å². The molecule has 0 aliphatic carbocycles. The van der Waals surface area contributed by atoms with Gasteiger partial charge < -0.3 is 5.11 Å². The summed E-state index contributed by atoms with van der Waals surface area (Å²) in [4.78, 5) is 3.80. The minimum absolute atomic E-state index is 0.313. The Bertz CT molecular complexity index is 208. The van der Waals surface area contributed by atoms with Gasteiger partial charge >= 0.3 is 0 Å². The van der Waals surface area contributed by atoms with E-state index >= 15 is 0 Å². The molecule has 0 aliphatic heterocycles. The van der Waals surface area contributed by atoms with E-state index in [1.165, 1.54) is 6.33 Å². The van der Waals surface area contributed by atoms with E-state index < -0.39 is 0 Å². The molecule has 0 radical (unpaired) electrons. The van der Waals surface area contributed by atoms with Crippen LogP contribution in [0, 0.1) is 5.92 Å². The summed E-state index contributed by atoms with van der Waals surface area (Å²) in [5.41, 5.74) is 0. The molecule has 0 amide bonds. The maximum Gasteiger partial charge on any atom is 0.137 e. The molecule has 4 heteroatoms. The third kappa shape index (κ3) is 3.00. The first-order chi connectivity index (χ1) is 5.68. The average molecular weight is 169 g/mol. The topological polar surface area (TPSA) is 50.9 Å². The highest BCUT2D eigenvalue weighted by molar-refractivity contribution is 4.62. The number of rotatable bonds is 4. The summed E-state index contributed by atoms with van der Waals surface area (Å²) in [6.07, 6.45) is 3.58. The van der Waals surface area contributed by atoms with Crippen molar-refractivity contribution in [2.75, 3.05) is 0 Å². The molecule has 0 unspecified atom stereocenters. The Morgan fingerprint density at radius 3 is 2.75 bits per heavy atom. The molecule has 0 aromatic carbocycles. The van der Waals surface area contributed by atoms with Crippen LogP contribution in [0.15, 0.2) is 12.7 Å². The predicted octanol–water partition coefficient (Wildman–Crippen LogP) is 0.685. The maximum absolute atomic E-state index is 9.50. The Hall–Kier alpha value is -0.900. The van der Waals surface area contributed by atoms with Crippen LogP contribution in [0.3, 0.4) is 0 Å². The van der Waals surface area contributed by atoms with E-state index in [4.69, 9.17) is 0 Å². The monoisotopic (exact) mass is 169 g/mol. The van der Waals surface area contributed by atoms with Crippen molar-refractivity contribution in [1.29, 1.82) is 0 Å². The molecule has 68 valence electrons. The first kappa shape index (κ1) is 9.19. The molecule has 12 heavy (non-hydrogen) atoms. The SMILES string of the molecule is CC(C)C[C@H](O)Cn1cncn1. The van der Waals surface area contributed by atoms with Crippen LogP contribution in [-0.2, 0) is 6.54 Å². The Kier molecular flexibility index (Phi) is 3.22. The number of aromatic nitrogens is 3. The van der Waals surface area contributed by atoms with Crippen LogP contribution in [-0.4, -0.2) is 26.0 Å². The fourth-order valence-electron chi connectivity index (χ4n) is 1.16. The molecule has 1 rings (SSSR count). The molecule has 0 fully saturated rings. The van der Waals surface area contributed by atoms with Crippen molar-refractivity contribution in [3.8, 4) is 0 Å². The molecule has 0 spiro atoms. The molecule has 0 saturated heterocycles. The van der Waals surface area contributed by atoms with Crippen LogP contribution in [0.2, 0.25) is 0 Å². The van der Waals surface area contributed by atoms with Crippen LogP contribution < -0.4 is 0 Å². The maximum atomic E-state index is 9.50. The number of aliphatic hydroxyl groups excluding tert-OH is 1. The summed E-state index contributed by atoms with van der Waals surface area (Å²) < 4.78 is 1.65. The fourth-order valence-corrected chi connectivity index (χ4v) is 1.16. The zero-order valence-corrected chi connectivity index (χ0v) is 7.51. The molecular formula is C8H15N3O. The molecule has 1 aromatic heterocycles. The Morgan fingerprint density at radius 2 is 2.25 bits per heavy atom. The third-order valence-corrected chi connectivity index (χ3v) is 1.61. The second-order valence-electron chi connectivity index (χ2n) is 3.40. The quantitative estimate of drug-likeness (QED) is 0.721. The molecule has 0 aliphatic rings. The van der Waals surface area contributed by atoms with Gasteiger partial charge in [-0.25, -0.2) is 4.98 Å². The van der Waals surface area contributed by atoms with Crippen molar-refractivity contribution in [3.63, 3.8) is 0 Å². The lowest BCUT2D eigenvalue weighted by Crippen LogP contribution is -2.18. The average Bonchev–Trinajstić information content (AvgIpc) is 2.37. The van der Waals surface area contributed by atoms with E-state index in [-0.39, 0.29) is 6.10 Å². The van der Waals surface area contributed by atoms with E-state index in [9.17, 15) is 5.11 Å². The Balaban J connectivity index is 2.32. The van der Waals surface area contributed by atoms with Gasteiger partial charge in [0.25, 0.3) is 0 Å². The van der Waals surface area contributed by atoms with E-state index in [1.54, 1.807) is 11.0 Å². The van der Waals surface area contributed by atoms with E-state index in [1.807, 2.05) is 0 Å². The zero-order valence-electron chi connectivity index (χ0n) is 7.51. The second kappa shape index (κ2) is 4.21. The zero-order chi connectivity index (χ0) is 8.97. The lowest BCUT2D eigenvalue weighted by Gasteiger charge is -2.11. The number of aliphatic hydroxyl groups is 1. The first-order valence-corrected chi connectivity index (χ1v) is 4.19. The standard InChI is InChI=1S/C8H15N3O/c1-7(2)3-8(12)4-11-6-9-5-10-11/h5-8,12H,3-4H2,1-2H3/t8-/m0/s1. The van der Waals surface area contributed by atoms with Gasteiger partial charge in [-0.1, -0.05) is 13.8 Å². The Morgan fingerprint density at radius 1 is 1.50 bits per heavy atom. The summed E-state index contributed by atoms with van der Waals surface area (Å²) in [7, 11) is 0. The van der Waals surface area contributed by atoms with Gasteiger partial charge in [0, 0.05) is 0 Å². The molecule has 1 aromatic rings. The van der Waals surface area contributed by atoms with Gasteiger partial charge in [-0.3, -0.25) is 4.68 Å². The molecule has 1 atom stereocenters. The van der Waals surface area contributed by atoms with Gasteiger partial charge in [0.2, 0.25) is 0 Å². The molecule has 1 heterocycles. The second-order valence-corrected chi connectivity index (χ2v) is 3.40. The van der Waals surface area contributed by atoms with Crippen molar-refractivity contribution >= 4 is 0 Å². The first-order valence-electron chi connectivity index (χ1n) is 4.19. The molecule has 0 bridgehead atoms. The lowest BCUT2D eigenvalue weighted by molar-refractivity contribution is 0.125. The van der Waals surface area contributed by atoms with Crippen molar-refractivity contribution in [2.24, 2.45) is 5.92 Å². The van der Waals surface area contributed by atoms with Crippen LogP contribution in [0.1, 0.15) is 20.3 Å². The lowest BCUT2D eigenvalue weighted by atomic mass is 10.1. The van der Waals surface area contributed by atoms with Crippen LogP contribution in [0.5, 0.6) is 0 Å². The van der Waals surface area contributed by atoms with E-state index in [0.29, 0.717) is 12.5 Å². The van der Waals surface area contributed by atoms with Crippen molar-refractivity contribution in [3.05, 3.63) is 12.7 Å². The Labute approximate surface area is 72.2 Å². The van der Waals surface area contributed by atoms with Gasteiger partial charge in [-0.05, 0) is 12.3 Å². The predicted molar refractivity (Wildman–Crippen MR) is 45.5 cm³/mol. The summed E-state index contributed by atoms with van der Waals surface area (Å²) in [5, 5.41) is 13.4. The third-order valence-electron chi connectivity index (χ3n) is 1.61. The highest BCUT2D eigenvalue weighted by Gasteiger charge is 2.07. The van der Waals surface area contributed by atoms with Crippen LogP contribution in [0.4, 0.5) is 0 Å². The minimum Gasteiger partial charge on any atom is -0.391 e. The van der Waals surface area contributed by atoms with Crippen LogP contribution >= 0.6 is 0 Å². The number of nitrogens with zero attached hydrogens (tertiary/aromatic N) is 3. The van der Waals surface area contributed by atoms with Gasteiger partial charge in [0.05, 0.1) is 12.6 Å². The largest absolute Gasteiger partial charge is 0.391 e. The summed E-state index contributed by atoms with van der Waals surface area (Å²) in [6.45, 7) is 4.72. The van der Waals surface area contributed by atoms with Crippen molar-refractivity contribution in [1.82, 2.24) is 14.8 Å². The van der Waals surface area contributed by atoms with Gasteiger partial charge in [-0.15, -0.1) is 0 Å². The van der Waals surface area contributed by atoms with Crippen LogP contribution in [0.25, 0.3) is 0 Å². The van der Waals surface area contributed by atoms with Gasteiger partial charge in [0.1, 0.15) is 12.7 Å². The number of hydrogen-bond acceptors (Lipinski definition) is 3. The van der Waals surface area contributed by atoms with Crippen molar-refractivity contribution in [2.45, 2.75) is 32.9 Å². The summed E-state index contributed by atoms with van der Waals surface area (Å²) >= 11 is 0. The normalized spacial score (nSPS) is 13.7. The van der Waals surface area contributed by atoms with E-state index in [0.717, 1.165) is 6.42 Å². The smallest absolute Gasteiger partial charge is 0.137 e. The molecular weight excluding hydrogens is 154 g/mol. The molecule has 4 nitrogen and oxygen atoms in total. The molecule has 1 N–H and O–H groups in total. The molecule has 0 saturated carbocycles. The highest BCUT2D eigenvalue weighted by Crippen LogP contribution is 2.05. The minimum atomic E-state index is -0.313. The number of hydrogen-bond donors (Lipinski definition) is 1. The van der Waals surface area contributed by atoms with E-state index in [2.05, 4.69) is 23.9 Å². The van der Waals surface area contributed by atoms with Crippen molar-refractivity contribution < 1.29 is 5.11 Å². The summed E-state index contributed by atoms with van der Waals surface area (Å²) in [5.74, 6) is 0.517. The fraction of sp³-hybridized carbons (Fsp3) is 0.750. The van der Waals surface area contributed by atoms with Gasteiger partial charge in [-0.2, -0.15) is 5.10 Å². The highest BCUT2D eigenvalue weighted by atomic mass is 16.3.